The quantitative estimate of drug-likeness (QED) is 0.891. The molecule has 1 atom stereocenters. The maximum atomic E-state index is 12.5. The number of fused-ring (bicyclic) bond motifs is 3. The van der Waals surface area contributed by atoms with Gasteiger partial charge in [0.2, 0.25) is 5.91 Å². The molecular formula is C21H28N2O2. The van der Waals surface area contributed by atoms with Gasteiger partial charge in [-0.25, -0.2) is 0 Å². The van der Waals surface area contributed by atoms with Crippen molar-refractivity contribution in [1.82, 2.24) is 10.3 Å². The highest BCUT2D eigenvalue weighted by Crippen LogP contribution is 2.30. The molecular weight excluding hydrogens is 312 g/mol. The number of hydrogen-bond donors (Lipinski definition) is 2. The molecule has 0 radical (unpaired) electrons. The Morgan fingerprint density at radius 1 is 1.32 bits per heavy atom. The van der Waals surface area contributed by atoms with Gasteiger partial charge in [-0.05, 0) is 75.6 Å². The summed E-state index contributed by atoms with van der Waals surface area (Å²) in [7, 11) is 0. The molecule has 0 bridgehead atoms. The van der Waals surface area contributed by atoms with E-state index < -0.39 is 0 Å². The highest BCUT2D eigenvalue weighted by molar-refractivity contribution is 5.86. The minimum absolute atomic E-state index is 0.0625. The zero-order chi connectivity index (χ0) is 17.4. The van der Waals surface area contributed by atoms with Gasteiger partial charge >= 0.3 is 0 Å². The van der Waals surface area contributed by atoms with Crippen molar-refractivity contribution in [3.8, 4) is 0 Å². The van der Waals surface area contributed by atoms with Crippen LogP contribution in [0.15, 0.2) is 18.2 Å². The monoisotopic (exact) mass is 340 g/mol. The molecule has 25 heavy (non-hydrogen) atoms. The Bertz CT molecular complexity index is 791. The summed E-state index contributed by atoms with van der Waals surface area (Å²) in [6, 6.07) is 6.54. The fourth-order valence-electron chi connectivity index (χ4n) is 4.35. The summed E-state index contributed by atoms with van der Waals surface area (Å²) in [4.78, 5) is 16.1. The predicted molar refractivity (Wildman–Crippen MR) is 99.5 cm³/mol. The van der Waals surface area contributed by atoms with Gasteiger partial charge in [-0.3, -0.25) is 4.79 Å². The number of H-pyrrole nitrogens is 1. The van der Waals surface area contributed by atoms with Crippen LogP contribution in [0.1, 0.15) is 56.4 Å². The number of carbonyl (C=O) groups is 1. The van der Waals surface area contributed by atoms with Crippen molar-refractivity contribution >= 4 is 16.8 Å². The summed E-state index contributed by atoms with van der Waals surface area (Å²) < 4.78 is 5.72. The first-order valence-corrected chi connectivity index (χ1v) is 9.56. The first kappa shape index (κ1) is 16.6. The molecule has 1 fully saturated rings. The van der Waals surface area contributed by atoms with E-state index in [1.807, 2.05) is 0 Å². The summed E-state index contributed by atoms with van der Waals surface area (Å²) in [6.45, 7) is 5.41. The van der Waals surface area contributed by atoms with Gasteiger partial charge in [-0.15, -0.1) is 0 Å². The average molecular weight is 340 g/mol. The Morgan fingerprint density at radius 2 is 2.16 bits per heavy atom. The third-order valence-electron chi connectivity index (χ3n) is 5.70. The van der Waals surface area contributed by atoms with Crippen LogP contribution in [0.4, 0.5) is 0 Å². The Hall–Kier alpha value is -1.81. The molecule has 134 valence electrons. The van der Waals surface area contributed by atoms with Crippen LogP contribution < -0.4 is 5.32 Å². The van der Waals surface area contributed by atoms with Gasteiger partial charge in [-0.2, -0.15) is 0 Å². The van der Waals surface area contributed by atoms with Crippen LogP contribution in [0.25, 0.3) is 10.9 Å². The SMILES string of the molecule is CC1(C)C[C@@H](C(=O)NCc2ccc3[nH]c4c(c3c2)CCCC4)CCO1. The molecule has 0 saturated carbocycles. The second-order valence-corrected chi connectivity index (χ2v) is 8.18. The van der Waals surface area contributed by atoms with E-state index in [9.17, 15) is 4.79 Å². The number of amides is 1. The fraction of sp³-hybridized carbons (Fsp3) is 0.571. The summed E-state index contributed by atoms with van der Waals surface area (Å²) in [5, 5.41) is 4.48. The first-order valence-electron chi connectivity index (χ1n) is 9.56. The number of carbonyl (C=O) groups excluding carboxylic acids is 1. The smallest absolute Gasteiger partial charge is 0.223 e. The number of hydrogen-bond acceptors (Lipinski definition) is 2. The van der Waals surface area contributed by atoms with Crippen molar-refractivity contribution < 1.29 is 9.53 Å². The minimum atomic E-state index is -0.191. The molecule has 1 aromatic carbocycles. The van der Waals surface area contributed by atoms with E-state index in [0.29, 0.717) is 13.2 Å². The molecule has 4 rings (SSSR count). The zero-order valence-electron chi connectivity index (χ0n) is 15.3. The standard InChI is InChI=1S/C21H28N2O2/c1-21(2)12-15(9-10-25-21)20(24)22-13-14-7-8-19-17(11-14)16-5-3-4-6-18(16)23-19/h7-8,11,15,23H,3-6,9-10,12-13H2,1-2H3,(H,22,24)/t15-/m0/s1. The van der Waals surface area contributed by atoms with Crippen LogP contribution in [-0.4, -0.2) is 23.1 Å². The molecule has 2 heterocycles. The lowest BCUT2D eigenvalue weighted by molar-refractivity contribution is -0.135. The summed E-state index contributed by atoms with van der Waals surface area (Å²) in [6.07, 6.45) is 6.51. The van der Waals surface area contributed by atoms with E-state index in [4.69, 9.17) is 4.74 Å². The van der Waals surface area contributed by atoms with E-state index in [0.717, 1.165) is 19.3 Å². The van der Waals surface area contributed by atoms with Crippen LogP contribution in [0, 0.1) is 5.92 Å². The number of nitrogens with one attached hydrogen (secondary N) is 2. The maximum absolute atomic E-state index is 12.5. The minimum Gasteiger partial charge on any atom is -0.376 e. The van der Waals surface area contributed by atoms with Gasteiger partial charge in [0.05, 0.1) is 5.60 Å². The van der Waals surface area contributed by atoms with Crippen LogP contribution in [0.3, 0.4) is 0 Å². The second-order valence-electron chi connectivity index (χ2n) is 8.18. The van der Waals surface area contributed by atoms with E-state index in [1.54, 1.807) is 0 Å². The van der Waals surface area contributed by atoms with Crippen molar-refractivity contribution in [2.75, 3.05) is 6.61 Å². The molecule has 0 unspecified atom stereocenters. The lowest BCUT2D eigenvalue weighted by Crippen LogP contribution is -2.41. The van der Waals surface area contributed by atoms with Crippen molar-refractivity contribution in [2.45, 2.75) is 64.5 Å². The molecule has 1 saturated heterocycles. The highest BCUT2D eigenvalue weighted by atomic mass is 16.5. The van der Waals surface area contributed by atoms with E-state index in [1.165, 1.54) is 47.0 Å². The lowest BCUT2D eigenvalue weighted by atomic mass is 9.88. The fourth-order valence-corrected chi connectivity index (χ4v) is 4.35. The molecule has 4 nitrogen and oxygen atoms in total. The third kappa shape index (κ3) is 3.45. The highest BCUT2D eigenvalue weighted by Gasteiger charge is 2.32. The third-order valence-corrected chi connectivity index (χ3v) is 5.70. The number of ether oxygens (including phenoxy) is 1. The molecule has 1 aliphatic heterocycles. The molecule has 0 spiro atoms. The number of benzene rings is 1. The van der Waals surface area contributed by atoms with Crippen molar-refractivity contribution in [3.05, 3.63) is 35.0 Å². The van der Waals surface area contributed by atoms with Crippen molar-refractivity contribution in [3.63, 3.8) is 0 Å². The number of aromatic nitrogens is 1. The van der Waals surface area contributed by atoms with Gasteiger partial charge in [0.1, 0.15) is 0 Å². The van der Waals surface area contributed by atoms with Gasteiger partial charge in [0.25, 0.3) is 0 Å². The van der Waals surface area contributed by atoms with Gasteiger partial charge in [0, 0.05) is 35.7 Å². The first-order chi connectivity index (χ1) is 12.0. The van der Waals surface area contributed by atoms with Gasteiger partial charge in [0.15, 0.2) is 0 Å². The van der Waals surface area contributed by atoms with Crippen molar-refractivity contribution in [2.24, 2.45) is 5.92 Å². The van der Waals surface area contributed by atoms with Crippen LogP contribution in [0.5, 0.6) is 0 Å². The number of rotatable bonds is 3. The zero-order valence-corrected chi connectivity index (χ0v) is 15.3. The Labute approximate surface area is 149 Å². The molecule has 2 aromatic rings. The van der Waals surface area contributed by atoms with E-state index in [2.05, 4.69) is 42.3 Å². The summed E-state index contributed by atoms with van der Waals surface area (Å²) in [5.41, 5.74) is 5.11. The molecule has 4 heteroatoms. The molecule has 2 N–H and O–H groups in total. The number of aryl methyl sites for hydroxylation is 2. The van der Waals surface area contributed by atoms with Crippen LogP contribution in [0.2, 0.25) is 0 Å². The predicted octanol–water partition coefficient (Wildman–Crippen LogP) is 3.87. The molecule has 1 amide bonds. The van der Waals surface area contributed by atoms with Crippen LogP contribution >= 0.6 is 0 Å². The topological polar surface area (TPSA) is 54.1 Å². The molecule has 2 aliphatic rings. The van der Waals surface area contributed by atoms with Crippen molar-refractivity contribution in [1.29, 1.82) is 0 Å². The Kier molecular flexibility index (Phi) is 4.32. The summed E-state index contributed by atoms with van der Waals surface area (Å²) >= 11 is 0. The largest absolute Gasteiger partial charge is 0.376 e. The molecule has 1 aliphatic carbocycles. The normalized spacial score (nSPS) is 22.6. The van der Waals surface area contributed by atoms with Gasteiger partial charge < -0.3 is 15.0 Å². The molecule has 1 aromatic heterocycles. The van der Waals surface area contributed by atoms with E-state index >= 15 is 0 Å². The van der Waals surface area contributed by atoms with E-state index in [-0.39, 0.29) is 17.4 Å². The number of aromatic amines is 1. The Balaban J connectivity index is 1.45. The average Bonchev–Trinajstić information content (AvgIpc) is 2.97. The Morgan fingerprint density at radius 3 is 3.00 bits per heavy atom. The van der Waals surface area contributed by atoms with Crippen LogP contribution in [-0.2, 0) is 28.9 Å². The van der Waals surface area contributed by atoms with Gasteiger partial charge in [-0.1, -0.05) is 6.07 Å². The second kappa shape index (κ2) is 6.49. The lowest BCUT2D eigenvalue weighted by Gasteiger charge is -2.34. The summed E-state index contributed by atoms with van der Waals surface area (Å²) in [5.74, 6) is 0.222. The maximum Gasteiger partial charge on any atom is 0.223 e.